The molecule has 0 radical (unpaired) electrons. The third-order valence-electron chi connectivity index (χ3n) is 4.14. The number of carbonyl (C=O) groups excluding carboxylic acids is 1. The molecule has 0 fully saturated rings. The zero-order chi connectivity index (χ0) is 18.5. The zero-order valence-electron chi connectivity index (χ0n) is 15.1. The van der Waals surface area contributed by atoms with Crippen LogP contribution in [0.25, 0.3) is 6.08 Å². The summed E-state index contributed by atoms with van der Waals surface area (Å²) in [5.41, 5.74) is 3.20. The summed E-state index contributed by atoms with van der Waals surface area (Å²) in [7, 11) is 3.24. The van der Waals surface area contributed by atoms with Gasteiger partial charge in [-0.1, -0.05) is 29.8 Å². The molecule has 3 rings (SSSR count). The molecule has 1 heterocycles. The minimum absolute atomic E-state index is 0.281. The number of cyclic esters (lactones) is 1. The minimum atomic E-state index is -0.441. The van der Waals surface area contributed by atoms with Crippen LogP contribution in [-0.4, -0.2) is 26.1 Å². The van der Waals surface area contributed by atoms with Gasteiger partial charge in [0, 0.05) is 12.0 Å². The molecule has 0 saturated heterocycles. The van der Waals surface area contributed by atoms with E-state index in [-0.39, 0.29) is 5.70 Å². The van der Waals surface area contributed by atoms with Gasteiger partial charge in [0.1, 0.15) is 11.5 Å². The van der Waals surface area contributed by atoms with Crippen molar-refractivity contribution in [2.75, 3.05) is 14.2 Å². The molecule has 0 N–H and O–H groups in total. The Bertz CT molecular complexity index is 883. The fraction of sp³-hybridized carbons (Fsp3) is 0.238. The highest BCUT2D eigenvalue weighted by molar-refractivity contribution is 6.07. The number of methoxy groups -OCH3 is 2. The van der Waals surface area contributed by atoms with Crippen molar-refractivity contribution in [1.29, 1.82) is 0 Å². The van der Waals surface area contributed by atoms with Crippen LogP contribution in [0, 0.1) is 6.92 Å². The first-order chi connectivity index (χ1) is 12.6. The lowest BCUT2D eigenvalue weighted by atomic mass is 10.1. The predicted octanol–water partition coefficient (Wildman–Crippen LogP) is 3.94. The Morgan fingerprint density at radius 3 is 2.58 bits per heavy atom. The summed E-state index contributed by atoms with van der Waals surface area (Å²) in [5, 5.41) is 0. The average molecular weight is 351 g/mol. The molecule has 5 heteroatoms. The van der Waals surface area contributed by atoms with Gasteiger partial charge in [-0.15, -0.1) is 0 Å². The molecule has 0 aliphatic carbocycles. The van der Waals surface area contributed by atoms with E-state index >= 15 is 0 Å². The maximum Gasteiger partial charge on any atom is 0.363 e. The summed E-state index contributed by atoms with van der Waals surface area (Å²) in [4.78, 5) is 16.5. The lowest BCUT2D eigenvalue weighted by Crippen LogP contribution is -2.05. The Morgan fingerprint density at radius 2 is 1.81 bits per heavy atom. The second kappa shape index (κ2) is 7.87. The largest absolute Gasteiger partial charge is 0.496 e. The van der Waals surface area contributed by atoms with Crippen LogP contribution in [0.1, 0.15) is 23.1 Å². The van der Waals surface area contributed by atoms with Crippen LogP contribution in [0.15, 0.2) is 53.2 Å². The van der Waals surface area contributed by atoms with Crippen LogP contribution < -0.4 is 9.47 Å². The van der Waals surface area contributed by atoms with E-state index in [4.69, 9.17) is 14.2 Å². The van der Waals surface area contributed by atoms with E-state index in [9.17, 15) is 4.79 Å². The van der Waals surface area contributed by atoms with Crippen LogP contribution in [-0.2, 0) is 16.0 Å². The van der Waals surface area contributed by atoms with Gasteiger partial charge in [0.15, 0.2) is 11.6 Å². The van der Waals surface area contributed by atoms with E-state index in [2.05, 4.69) is 4.99 Å². The number of nitrogens with zero attached hydrogens (tertiary/aromatic N) is 1. The van der Waals surface area contributed by atoms with Gasteiger partial charge in [-0.3, -0.25) is 0 Å². The van der Waals surface area contributed by atoms with Crippen molar-refractivity contribution < 1.29 is 19.0 Å². The first kappa shape index (κ1) is 17.7. The summed E-state index contributed by atoms with van der Waals surface area (Å²) in [6.07, 6.45) is 2.90. The number of ether oxygens (including phenoxy) is 3. The summed E-state index contributed by atoms with van der Waals surface area (Å²) >= 11 is 0. The number of carbonyl (C=O) groups is 1. The average Bonchev–Trinajstić information content (AvgIpc) is 3.00. The predicted molar refractivity (Wildman–Crippen MR) is 101 cm³/mol. The third-order valence-corrected chi connectivity index (χ3v) is 4.14. The summed E-state index contributed by atoms with van der Waals surface area (Å²) in [6, 6.07) is 13.5. The van der Waals surface area contributed by atoms with Crippen molar-refractivity contribution in [2.45, 2.75) is 19.8 Å². The summed E-state index contributed by atoms with van der Waals surface area (Å²) in [6.45, 7) is 1.98. The van der Waals surface area contributed by atoms with Gasteiger partial charge in [-0.25, -0.2) is 9.79 Å². The summed E-state index contributed by atoms with van der Waals surface area (Å²) < 4.78 is 16.0. The molecule has 2 aromatic rings. The van der Waals surface area contributed by atoms with Gasteiger partial charge in [-0.05, 0) is 43.2 Å². The molecule has 5 nitrogen and oxygen atoms in total. The molecule has 0 spiro atoms. The Labute approximate surface area is 152 Å². The number of aryl methyl sites for hydroxylation is 2. The van der Waals surface area contributed by atoms with Crippen LogP contribution in [0.5, 0.6) is 11.5 Å². The lowest BCUT2D eigenvalue weighted by molar-refractivity contribution is -0.130. The molecule has 0 saturated carbocycles. The molecular weight excluding hydrogens is 330 g/mol. The SMILES string of the molecule is COc1ccc(C)cc1/C=C1/N=C(CCc2ccccc2OC)OC1=O. The Kier molecular flexibility index (Phi) is 5.37. The highest BCUT2D eigenvalue weighted by Crippen LogP contribution is 2.26. The van der Waals surface area contributed by atoms with Crippen molar-refractivity contribution in [3.05, 3.63) is 64.9 Å². The van der Waals surface area contributed by atoms with Crippen LogP contribution in [0.4, 0.5) is 0 Å². The molecule has 26 heavy (non-hydrogen) atoms. The molecule has 0 bridgehead atoms. The second-order valence-electron chi connectivity index (χ2n) is 5.98. The number of esters is 1. The van der Waals surface area contributed by atoms with Crippen LogP contribution in [0.2, 0.25) is 0 Å². The normalized spacial score (nSPS) is 15.0. The first-order valence-corrected chi connectivity index (χ1v) is 8.38. The second-order valence-corrected chi connectivity index (χ2v) is 5.98. The molecule has 0 unspecified atom stereocenters. The molecule has 0 amide bonds. The number of hydrogen-bond acceptors (Lipinski definition) is 5. The van der Waals surface area contributed by atoms with E-state index in [0.29, 0.717) is 24.5 Å². The van der Waals surface area contributed by atoms with Gasteiger partial charge >= 0.3 is 5.97 Å². The monoisotopic (exact) mass is 351 g/mol. The molecule has 134 valence electrons. The van der Waals surface area contributed by atoms with Crippen molar-refractivity contribution in [3.63, 3.8) is 0 Å². The number of rotatable bonds is 6. The van der Waals surface area contributed by atoms with E-state index in [1.165, 1.54) is 0 Å². The van der Waals surface area contributed by atoms with Gasteiger partial charge < -0.3 is 14.2 Å². The van der Waals surface area contributed by atoms with Crippen molar-refractivity contribution in [1.82, 2.24) is 0 Å². The fourth-order valence-corrected chi connectivity index (χ4v) is 2.83. The molecular formula is C21H21NO4. The lowest BCUT2D eigenvalue weighted by Gasteiger charge is -2.07. The van der Waals surface area contributed by atoms with Gasteiger partial charge in [-0.2, -0.15) is 0 Å². The molecule has 1 aliphatic heterocycles. The molecule has 2 aromatic carbocycles. The highest BCUT2D eigenvalue weighted by atomic mass is 16.6. The smallest absolute Gasteiger partial charge is 0.363 e. The van der Waals surface area contributed by atoms with Gasteiger partial charge in [0.2, 0.25) is 0 Å². The molecule has 1 aliphatic rings. The van der Waals surface area contributed by atoms with E-state index in [1.54, 1.807) is 20.3 Å². The maximum atomic E-state index is 12.1. The van der Waals surface area contributed by atoms with Crippen LogP contribution >= 0.6 is 0 Å². The van der Waals surface area contributed by atoms with Gasteiger partial charge in [0.05, 0.1) is 14.2 Å². The quantitative estimate of drug-likeness (QED) is 0.584. The highest BCUT2D eigenvalue weighted by Gasteiger charge is 2.23. The standard InChI is InChI=1S/C21H21NO4/c1-14-8-10-19(25-3)16(12-14)13-17-21(23)26-20(22-17)11-9-15-6-4-5-7-18(15)24-2/h4-8,10,12-13H,9,11H2,1-3H3/b17-13+. The topological polar surface area (TPSA) is 57.1 Å². The van der Waals surface area contributed by atoms with Gasteiger partial charge in [0.25, 0.3) is 0 Å². The number of hydrogen-bond donors (Lipinski definition) is 0. The van der Waals surface area contributed by atoms with Crippen molar-refractivity contribution in [2.24, 2.45) is 4.99 Å². The minimum Gasteiger partial charge on any atom is -0.496 e. The number of benzene rings is 2. The van der Waals surface area contributed by atoms with E-state index in [1.807, 2.05) is 49.4 Å². The number of aliphatic imine (C=N–C) groups is 1. The zero-order valence-corrected chi connectivity index (χ0v) is 15.1. The number of para-hydroxylation sites is 1. The first-order valence-electron chi connectivity index (χ1n) is 8.38. The van der Waals surface area contributed by atoms with Crippen LogP contribution in [0.3, 0.4) is 0 Å². The third kappa shape index (κ3) is 3.94. The Balaban J connectivity index is 1.78. The van der Waals surface area contributed by atoms with Crippen molar-refractivity contribution in [3.8, 4) is 11.5 Å². The maximum absolute atomic E-state index is 12.1. The van der Waals surface area contributed by atoms with E-state index < -0.39 is 5.97 Å². The Hall–Kier alpha value is -3.08. The van der Waals surface area contributed by atoms with E-state index in [0.717, 1.165) is 22.4 Å². The fourth-order valence-electron chi connectivity index (χ4n) is 2.83. The Morgan fingerprint density at radius 1 is 1.04 bits per heavy atom. The molecule has 0 atom stereocenters. The summed E-state index contributed by atoms with van der Waals surface area (Å²) in [5.74, 6) is 1.48. The van der Waals surface area contributed by atoms with Crippen molar-refractivity contribution >= 4 is 17.9 Å². The molecule has 0 aromatic heterocycles.